The molecule has 0 bridgehead atoms. The lowest BCUT2D eigenvalue weighted by Crippen LogP contribution is -2.44. The summed E-state index contributed by atoms with van der Waals surface area (Å²) in [6.45, 7) is 6.04. The maximum atomic E-state index is 13.5. The van der Waals surface area contributed by atoms with E-state index in [2.05, 4.69) is 15.5 Å². The molecule has 0 unspecified atom stereocenters. The standard InChI is InChI=1S/C26H35F2N5O5S/c1-17-16-38-12-11-33(17)22-14-20(26(8-9-26)39(36,37)13-10-25(2,3)35)31-23(32-22)18-4-6-19(7-5-18)30-24(34)29-15-21(27)28/h4-7,14,17,21,35H,8-13,15-16H2,1-3H3,(H2,29,30,34)/t17-/m0/s1. The number of urea groups is 1. The molecule has 3 N–H and O–H groups in total. The maximum Gasteiger partial charge on any atom is 0.319 e. The molecule has 2 aromatic rings. The number of alkyl halides is 2. The molecule has 2 amide bonds. The van der Waals surface area contributed by atoms with Crippen molar-refractivity contribution < 1.29 is 31.8 Å². The number of hydrogen-bond acceptors (Lipinski definition) is 8. The fraction of sp³-hybridized carbons (Fsp3) is 0.577. The van der Waals surface area contributed by atoms with Crippen LogP contribution in [-0.2, 0) is 19.3 Å². The van der Waals surface area contributed by atoms with E-state index >= 15 is 0 Å². The highest BCUT2D eigenvalue weighted by Crippen LogP contribution is 2.53. The van der Waals surface area contributed by atoms with E-state index in [1.807, 2.05) is 6.92 Å². The second-order valence-corrected chi connectivity index (χ2v) is 13.2. The topological polar surface area (TPSA) is 134 Å². The number of morpholine rings is 1. The van der Waals surface area contributed by atoms with Crippen molar-refractivity contribution in [3.63, 3.8) is 0 Å². The first-order valence-electron chi connectivity index (χ1n) is 12.9. The van der Waals surface area contributed by atoms with Gasteiger partial charge in [-0.05, 0) is 64.3 Å². The van der Waals surface area contributed by atoms with Crippen LogP contribution in [0.25, 0.3) is 11.4 Å². The molecule has 39 heavy (non-hydrogen) atoms. The molecule has 2 fully saturated rings. The van der Waals surface area contributed by atoms with Crippen molar-refractivity contribution in [2.45, 2.75) is 62.8 Å². The van der Waals surface area contributed by atoms with E-state index in [0.29, 0.717) is 61.2 Å². The Balaban J connectivity index is 1.66. The number of ether oxygens (including phenoxy) is 1. The van der Waals surface area contributed by atoms with E-state index < -0.39 is 39.2 Å². The van der Waals surface area contributed by atoms with Gasteiger partial charge in [-0.25, -0.2) is 32.0 Å². The van der Waals surface area contributed by atoms with Crippen LogP contribution in [0.3, 0.4) is 0 Å². The van der Waals surface area contributed by atoms with Crippen LogP contribution in [0, 0.1) is 0 Å². The fourth-order valence-corrected chi connectivity index (χ4v) is 6.79. The van der Waals surface area contributed by atoms with Crippen molar-refractivity contribution in [1.29, 1.82) is 0 Å². The van der Waals surface area contributed by atoms with Crippen LogP contribution in [0.1, 0.15) is 45.7 Å². The van der Waals surface area contributed by atoms with Crippen molar-refractivity contribution in [2.24, 2.45) is 0 Å². The summed E-state index contributed by atoms with van der Waals surface area (Å²) in [5, 5.41) is 14.7. The van der Waals surface area contributed by atoms with Gasteiger partial charge in [0.1, 0.15) is 10.6 Å². The average Bonchev–Trinajstić information content (AvgIpc) is 3.70. The number of nitrogens with zero attached hydrogens (tertiary/aromatic N) is 3. The highest BCUT2D eigenvalue weighted by atomic mass is 32.2. The zero-order valence-electron chi connectivity index (χ0n) is 22.3. The lowest BCUT2D eigenvalue weighted by molar-refractivity contribution is 0.0771. The van der Waals surface area contributed by atoms with Crippen LogP contribution >= 0.6 is 0 Å². The summed E-state index contributed by atoms with van der Waals surface area (Å²) in [7, 11) is -3.63. The van der Waals surface area contributed by atoms with Gasteiger partial charge in [0, 0.05) is 23.9 Å². The van der Waals surface area contributed by atoms with Gasteiger partial charge in [0.15, 0.2) is 15.7 Å². The van der Waals surface area contributed by atoms with Gasteiger partial charge < -0.3 is 25.4 Å². The number of nitrogens with one attached hydrogen (secondary N) is 2. The molecule has 1 saturated carbocycles. The number of hydrogen-bond donors (Lipinski definition) is 3. The number of anilines is 2. The molecule has 0 spiro atoms. The summed E-state index contributed by atoms with van der Waals surface area (Å²) in [6, 6.07) is 7.57. The van der Waals surface area contributed by atoms with Crippen LogP contribution in [-0.4, -0.2) is 79.6 Å². The maximum absolute atomic E-state index is 13.5. The predicted molar refractivity (Wildman–Crippen MR) is 144 cm³/mol. The molecule has 2 heterocycles. The summed E-state index contributed by atoms with van der Waals surface area (Å²) in [5.74, 6) is 0.773. The van der Waals surface area contributed by atoms with E-state index in [9.17, 15) is 27.1 Å². The number of carbonyl (C=O) groups excluding carboxylic acids is 1. The largest absolute Gasteiger partial charge is 0.390 e. The Morgan fingerprint density at radius 3 is 2.54 bits per heavy atom. The summed E-state index contributed by atoms with van der Waals surface area (Å²) in [6.07, 6.45) is -1.67. The third-order valence-electron chi connectivity index (χ3n) is 6.94. The van der Waals surface area contributed by atoms with Crippen LogP contribution < -0.4 is 15.5 Å². The fourth-order valence-electron chi connectivity index (χ4n) is 4.48. The minimum absolute atomic E-state index is 0.0228. The van der Waals surface area contributed by atoms with Gasteiger partial charge in [0.05, 0.1) is 42.8 Å². The number of aromatic nitrogens is 2. The van der Waals surface area contributed by atoms with E-state index in [0.717, 1.165) is 0 Å². The Bertz CT molecular complexity index is 1280. The zero-order valence-corrected chi connectivity index (χ0v) is 23.1. The van der Waals surface area contributed by atoms with Crippen LogP contribution in [0.2, 0.25) is 0 Å². The molecule has 4 rings (SSSR count). The quantitative estimate of drug-likeness (QED) is 0.398. The zero-order chi connectivity index (χ0) is 28.4. The molecule has 2 aliphatic rings. The number of halogens is 2. The lowest BCUT2D eigenvalue weighted by Gasteiger charge is -2.35. The number of benzene rings is 1. The molecule has 13 heteroatoms. The molecular formula is C26H35F2N5O5S. The minimum atomic E-state index is -3.63. The Labute approximate surface area is 227 Å². The Morgan fingerprint density at radius 1 is 1.26 bits per heavy atom. The molecule has 1 atom stereocenters. The second kappa shape index (κ2) is 11.3. The molecule has 1 aliphatic heterocycles. The highest BCUT2D eigenvalue weighted by Gasteiger charge is 2.57. The van der Waals surface area contributed by atoms with Crippen LogP contribution in [0.15, 0.2) is 30.3 Å². The van der Waals surface area contributed by atoms with Gasteiger partial charge in [0.2, 0.25) is 0 Å². The molecule has 1 aromatic carbocycles. The summed E-state index contributed by atoms with van der Waals surface area (Å²) >= 11 is 0. The lowest BCUT2D eigenvalue weighted by atomic mass is 10.1. The van der Waals surface area contributed by atoms with E-state index in [4.69, 9.17) is 14.7 Å². The van der Waals surface area contributed by atoms with E-state index in [1.165, 1.54) is 0 Å². The van der Waals surface area contributed by atoms with Crippen molar-refractivity contribution in [3.8, 4) is 11.4 Å². The van der Waals surface area contributed by atoms with Crippen LogP contribution in [0.4, 0.5) is 25.1 Å². The second-order valence-electron chi connectivity index (χ2n) is 10.7. The van der Waals surface area contributed by atoms with Gasteiger partial charge in [-0.2, -0.15) is 0 Å². The van der Waals surface area contributed by atoms with Crippen molar-refractivity contribution >= 4 is 27.4 Å². The first-order chi connectivity index (χ1) is 18.3. The van der Waals surface area contributed by atoms with Crippen molar-refractivity contribution in [1.82, 2.24) is 15.3 Å². The first-order valence-corrected chi connectivity index (χ1v) is 14.6. The van der Waals surface area contributed by atoms with E-state index in [-0.39, 0.29) is 18.2 Å². The summed E-state index contributed by atoms with van der Waals surface area (Å²) < 4.78 is 56.1. The average molecular weight is 568 g/mol. The summed E-state index contributed by atoms with van der Waals surface area (Å²) in [4.78, 5) is 23.4. The number of rotatable bonds is 10. The Hall–Kier alpha value is -2.90. The molecule has 0 radical (unpaired) electrons. The monoisotopic (exact) mass is 567 g/mol. The molecule has 1 saturated heterocycles. The normalized spacial score (nSPS) is 19.2. The van der Waals surface area contributed by atoms with Gasteiger partial charge in [0.25, 0.3) is 6.43 Å². The third kappa shape index (κ3) is 7.00. The number of aliphatic hydroxyl groups is 1. The van der Waals surface area contributed by atoms with Gasteiger partial charge in [-0.1, -0.05) is 0 Å². The van der Waals surface area contributed by atoms with E-state index in [1.54, 1.807) is 44.2 Å². The smallest absolute Gasteiger partial charge is 0.319 e. The van der Waals surface area contributed by atoms with Gasteiger partial charge in [-0.15, -0.1) is 0 Å². The van der Waals surface area contributed by atoms with Gasteiger partial charge in [-0.3, -0.25) is 0 Å². The Kier molecular flexibility index (Phi) is 8.43. The minimum Gasteiger partial charge on any atom is -0.390 e. The molecule has 214 valence electrons. The number of carbonyl (C=O) groups is 1. The number of amides is 2. The SMILES string of the molecule is C[C@H]1COCCN1c1cc(C2(S(=O)(=O)CCC(C)(C)O)CC2)nc(-c2ccc(NC(=O)NCC(F)F)cc2)n1. The van der Waals surface area contributed by atoms with Gasteiger partial charge >= 0.3 is 6.03 Å². The molecule has 1 aliphatic carbocycles. The van der Waals surface area contributed by atoms with Crippen LogP contribution in [0.5, 0.6) is 0 Å². The first kappa shape index (κ1) is 29.1. The molecule has 10 nitrogen and oxygen atoms in total. The van der Waals surface area contributed by atoms with Crippen molar-refractivity contribution in [3.05, 3.63) is 36.0 Å². The molecular weight excluding hydrogens is 532 g/mol. The summed E-state index contributed by atoms with van der Waals surface area (Å²) in [5.41, 5.74) is 0.296. The third-order valence-corrected chi connectivity index (χ3v) is 9.49. The Morgan fingerprint density at radius 2 is 1.95 bits per heavy atom. The molecule has 1 aromatic heterocycles. The predicted octanol–water partition coefficient (Wildman–Crippen LogP) is 3.32. The number of sulfone groups is 1. The highest BCUT2D eigenvalue weighted by molar-refractivity contribution is 7.92. The van der Waals surface area contributed by atoms with Crippen molar-refractivity contribution in [2.75, 3.05) is 42.3 Å².